The number of amides is 1. The van der Waals surface area contributed by atoms with Crippen molar-refractivity contribution in [2.45, 2.75) is 37.2 Å². The van der Waals surface area contributed by atoms with Crippen LogP contribution in [0.2, 0.25) is 0 Å². The minimum atomic E-state index is -0.194. The van der Waals surface area contributed by atoms with Gasteiger partial charge in [0.2, 0.25) is 5.91 Å². The molecule has 2 aromatic heterocycles. The number of carbonyl (C=O) groups excluding carboxylic acids is 1. The molecule has 5 nitrogen and oxygen atoms in total. The van der Waals surface area contributed by atoms with Gasteiger partial charge in [-0.2, -0.15) is 0 Å². The highest BCUT2D eigenvalue weighted by atomic mass is 32.2. The number of hydrogen-bond donors (Lipinski definition) is 1. The zero-order valence-corrected chi connectivity index (χ0v) is 11.4. The van der Waals surface area contributed by atoms with Gasteiger partial charge in [-0.15, -0.1) is 10.2 Å². The monoisotopic (exact) mass is 264 g/mol. The van der Waals surface area contributed by atoms with Crippen molar-refractivity contribution in [3.05, 3.63) is 24.4 Å². The largest absolute Gasteiger partial charge is 0.353 e. The van der Waals surface area contributed by atoms with E-state index in [1.54, 1.807) is 0 Å². The topological polar surface area (TPSA) is 59.3 Å². The van der Waals surface area contributed by atoms with Crippen LogP contribution in [0, 0.1) is 0 Å². The van der Waals surface area contributed by atoms with Gasteiger partial charge in [-0.05, 0) is 32.9 Å². The average Bonchev–Trinajstić information content (AvgIpc) is 2.72. The lowest BCUT2D eigenvalue weighted by atomic mass is 10.3. The van der Waals surface area contributed by atoms with Crippen molar-refractivity contribution < 1.29 is 4.79 Å². The van der Waals surface area contributed by atoms with Gasteiger partial charge in [-0.25, -0.2) is 0 Å². The first-order valence-corrected chi connectivity index (χ1v) is 6.72. The maximum atomic E-state index is 11.8. The fraction of sp³-hybridized carbons (Fsp3) is 0.417. The Kier molecular flexibility index (Phi) is 3.86. The Morgan fingerprint density at radius 1 is 1.33 bits per heavy atom. The Bertz CT molecular complexity index is 552. The molecule has 0 unspecified atom stereocenters. The molecule has 2 heterocycles. The predicted molar refractivity (Wildman–Crippen MR) is 71.6 cm³/mol. The molecule has 6 heteroatoms. The molecule has 0 spiro atoms. The Morgan fingerprint density at radius 3 is 2.83 bits per heavy atom. The Labute approximate surface area is 110 Å². The van der Waals surface area contributed by atoms with Gasteiger partial charge in [-0.3, -0.25) is 9.20 Å². The summed E-state index contributed by atoms with van der Waals surface area (Å²) in [5, 5.41) is 11.6. The van der Waals surface area contributed by atoms with Crippen LogP contribution in [0.4, 0.5) is 0 Å². The number of nitrogens with one attached hydrogen (secondary N) is 1. The fourth-order valence-corrected chi connectivity index (χ4v) is 2.36. The molecule has 0 bridgehead atoms. The number of nitrogens with zero attached hydrogens (tertiary/aromatic N) is 3. The SMILES string of the molecule is CC(C)NC(=O)[C@@H](C)Sc1nnc2ccccn12. The highest BCUT2D eigenvalue weighted by Gasteiger charge is 2.18. The van der Waals surface area contributed by atoms with Crippen LogP contribution in [0.3, 0.4) is 0 Å². The van der Waals surface area contributed by atoms with Gasteiger partial charge in [-0.1, -0.05) is 17.8 Å². The van der Waals surface area contributed by atoms with E-state index >= 15 is 0 Å². The number of carbonyl (C=O) groups is 1. The van der Waals surface area contributed by atoms with Crippen LogP contribution in [0.1, 0.15) is 20.8 Å². The number of pyridine rings is 1. The van der Waals surface area contributed by atoms with Crippen molar-refractivity contribution in [1.82, 2.24) is 19.9 Å². The summed E-state index contributed by atoms with van der Waals surface area (Å²) in [4.78, 5) is 11.8. The highest BCUT2D eigenvalue weighted by Crippen LogP contribution is 2.21. The lowest BCUT2D eigenvalue weighted by molar-refractivity contribution is -0.120. The highest BCUT2D eigenvalue weighted by molar-refractivity contribution is 8.00. The predicted octanol–water partition coefficient (Wildman–Crippen LogP) is 1.73. The normalized spacial score (nSPS) is 12.9. The molecule has 0 aliphatic heterocycles. The molecule has 0 aliphatic rings. The number of fused-ring (bicyclic) bond motifs is 1. The van der Waals surface area contributed by atoms with E-state index in [1.807, 2.05) is 49.6 Å². The second-order valence-corrected chi connectivity index (χ2v) is 5.64. The molecule has 0 fully saturated rings. The van der Waals surface area contributed by atoms with Gasteiger partial charge in [0.1, 0.15) is 0 Å². The number of hydrogen-bond acceptors (Lipinski definition) is 4. The summed E-state index contributed by atoms with van der Waals surface area (Å²) in [5.74, 6) is 0.0164. The summed E-state index contributed by atoms with van der Waals surface area (Å²) in [5.41, 5.74) is 0.788. The summed E-state index contributed by atoms with van der Waals surface area (Å²) in [6, 6.07) is 5.86. The first-order chi connectivity index (χ1) is 8.58. The molecule has 96 valence electrons. The molecule has 18 heavy (non-hydrogen) atoms. The van der Waals surface area contributed by atoms with Gasteiger partial charge < -0.3 is 5.32 Å². The first kappa shape index (κ1) is 12.9. The Balaban J connectivity index is 2.11. The van der Waals surface area contributed by atoms with Crippen molar-refractivity contribution in [3.63, 3.8) is 0 Å². The maximum absolute atomic E-state index is 11.8. The van der Waals surface area contributed by atoms with Crippen molar-refractivity contribution in [1.29, 1.82) is 0 Å². The molecule has 0 aromatic carbocycles. The molecule has 1 atom stereocenters. The number of rotatable bonds is 4. The summed E-state index contributed by atoms with van der Waals surface area (Å²) >= 11 is 1.41. The van der Waals surface area contributed by atoms with E-state index in [0.29, 0.717) is 0 Å². The molecular weight excluding hydrogens is 248 g/mol. The fourth-order valence-electron chi connectivity index (χ4n) is 1.51. The third-order valence-electron chi connectivity index (χ3n) is 2.36. The van der Waals surface area contributed by atoms with Crippen LogP contribution in [0.5, 0.6) is 0 Å². The lowest BCUT2D eigenvalue weighted by Gasteiger charge is -2.13. The van der Waals surface area contributed by atoms with Crippen LogP contribution < -0.4 is 5.32 Å². The van der Waals surface area contributed by atoms with E-state index in [1.165, 1.54) is 11.8 Å². The molecule has 2 aromatic rings. The second kappa shape index (κ2) is 5.39. The van der Waals surface area contributed by atoms with Crippen molar-refractivity contribution >= 4 is 23.3 Å². The van der Waals surface area contributed by atoms with Crippen molar-refractivity contribution in [2.24, 2.45) is 0 Å². The van der Waals surface area contributed by atoms with E-state index in [-0.39, 0.29) is 17.2 Å². The van der Waals surface area contributed by atoms with E-state index in [4.69, 9.17) is 0 Å². The maximum Gasteiger partial charge on any atom is 0.233 e. The third-order valence-corrected chi connectivity index (χ3v) is 3.42. The van der Waals surface area contributed by atoms with E-state index in [9.17, 15) is 4.79 Å². The van der Waals surface area contributed by atoms with Gasteiger partial charge in [0.15, 0.2) is 10.8 Å². The summed E-state index contributed by atoms with van der Waals surface area (Å²) in [6.07, 6.45) is 1.89. The van der Waals surface area contributed by atoms with E-state index < -0.39 is 0 Å². The van der Waals surface area contributed by atoms with Crippen LogP contribution in [-0.2, 0) is 4.79 Å². The molecule has 0 radical (unpaired) electrons. The van der Waals surface area contributed by atoms with Crippen LogP contribution in [0.15, 0.2) is 29.6 Å². The van der Waals surface area contributed by atoms with Crippen LogP contribution >= 0.6 is 11.8 Å². The van der Waals surface area contributed by atoms with Gasteiger partial charge >= 0.3 is 0 Å². The molecule has 0 saturated carbocycles. The molecule has 1 N–H and O–H groups in total. The Hall–Kier alpha value is -1.56. The lowest BCUT2D eigenvalue weighted by Crippen LogP contribution is -2.35. The first-order valence-electron chi connectivity index (χ1n) is 5.84. The van der Waals surface area contributed by atoms with Gasteiger partial charge in [0.05, 0.1) is 5.25 Å². The summed E-state index contributed by atoms with van der Waals surface area (Å²) in [6.45, 7) is 5.76. The van der Waals surface area contributed by atoms with Crippen molar-refractivity contribution in [2.75, 3.05) is 0 Å². The number of aromatic nitrogens is 3. The van der Waals surface area contributed by atoms with Gasteiger partial charge in [0.25, 0.3) is 0 Å². The summed E-state index contributed by atoms with van der Waals surface area (Å²) < 4.78 is 1.88. The molecule has 1 amide bonds. The molecule has 0 aliphatic carbocycles. The minimum absolute atomic E-state index is 0.0164. The number of thioether (sulfide) groups is 1. The second-order valence-electron chi connectivity index (χ2n) is 4.33. The molecular formula is C12H16N4OS. The van der Waals surface area contributed by atoms with E-state index in [2.05, 4.69) is 15.5 Å². The zero-order valence-electron chi connectivity index (χ0n) is 10.6. The minimum Gasteiger partial charge on any atom is -0.353 e. The smallest absolute Gasteiger partial charge is 0.233 e. The van der Waals surface area contributed by atoms with Crippen LogP contribution in [-0.4, -0.2) is 31.8 Å². The van der Waals surface area contributed by atoms with Crippen molar-refractivity contribution in [3.8, 4) is 0 Å². The van der Waals surface area contributed by atoms with Gasteiger partial charge in [0, 0.05) is 12.2 Å². The Morgan fingerprint density at radius 2 is 2.11 bits per heavy atom. The third kappa shape index (κ3) is 2.81. The summed E-state index contributed by atoms with van der Waals surface area (Å²) in [7, 11) is 0. The standard InChI is InChI=1S/C12H16N4OS/c1-8(2)13-11(17)9(3)18-12-15-14-10-6-4-5-7-16(10)12/h4-9H,1-3H3,(H,13,17)/t9-/m1/s1. The average molecular weight is 264 g/mol. The molecule has 0 saturated heterocycles. The molecule has 2 rings (SSSR count). The van der Waals surface area contributed by atoms with E-state index in [0.717, 1.165) is 10.8 Å². The van der Waals surface area contributed by atoms with Crippen LogP contribution in [0.25, 0.3) is 5.65 Å². The zero-order chi connectivity index (χ0) is 13.1. The quantitative estimate of drug-likeness (QED) is 0.854.